The van der Waals surface area contributed by atoms with Crippen molar-refractivity contribution in [2.24, 2.45) is 0 Å². The molecular formula is C14H16N2O5S3. The van der Waals surface area contributed by atoms with Gasteiger partial charge in [-0.15, -0.1) is 11.8 Å². The van der Waals surface area contributed by atoms with Gasteiger partial charge in [0, 0.05) is 18.8 Å². The number of thiocarbonyl (C=S) groups is 1. The number of amides is 1. The number of carbonyl (C=O) groups excluding carboxylic acids is 1. The molecule has 7 nitrogen and oxygen atoms in total. The van der Waals surface area contributed by atoms with Crippen LogP contribution in [0.15, 0.2) is 21.6 Å². The van der Waals surface area contributed by atoms with Crippen LogP contribution in [0, 0.1) is 0 Å². The Morgan fingerprint density at radius 3 is 2.67 bits per heavy atom. The average molecular weight is 388 g/mol. The lowest BCUT2D eigenvalue weighted by atomic mass is 10.2. The van der Waals surface area contributed by atoms with Crippen LogP contribution >= 0.6 is 35.7 Å². The number of carbonyl (C=O) groups is 3. The van der Waals surface area contributed by atoms with Crippen molar-refractivity contribution < 1.29 is 24.6 Å². The predicted molar refractivity (Wildman–Crippen MR) is 96.6 cm³/mol. The van der Waals surface area contributed by atoms with Gasteiger partial charge in [0.05, 0.1) is 16.4 Å². The summed E-state index contributed by atoms with van der Waals surface area (Å²) in [6, 6.07) is 0. The van der Waals surface area contributed by atoms with Crippen molar-refractivity contribution in [3.63, 3.8) is 0 Å². The molecule has 0 atom stereocenters. The number of hydrogen-bond acceptors (Lipinski definition) is 7. The van der Waals surface area contributed by atoms with Gasteiger partial charge in [-0.1, -0.05) is 24.0 Å². The van der Waals surface area contributed by atoms with E-state index < -0.39 is 24.4 Å². The SMILES string of the molecule is CC(/C=C1/SCCN1CCC(=O)O)=C1\SC(=S)N(CC(=O)O)C1=O. The largest absolute Gasteiger partial charge is 0.481 e. The molecule has 0 aliphatic carbocycles. The molecule has 0 bridgehead atoms. The van der Waals surface area contributed by atoms with Gasteiger partial charge in [-0.25, -0.2) is 0 Å². The zero-order chi connectivity index (χ0) is 17.9. The van der Waals surface area contributed by atoms with E-state index in [9.17, 15) is 14.4 Å². The number of thioether (sulfide) groups is 2. The third-order valence-corrected chi connectivity index (χ3v) is 5.98. The fourth-order valence-corrected chi connectivity index (χ4v) is 4.60. The Balaban J connectivity index is 2.17. The number of nitrogens with zero attached hydrogens (tertiary/aromatic N) is 2. The summed E-state index contributed by atoms with van der Waals surface area (Å²) in [6.07, 6.45) is 1.89. The Bertz CT molecular complexity index is 659. The van der Waals surface area contributed by atoms with Gasteiger partial charge in [0.25, 0.3) is 5.91 Å². The fraction of sp³-hybridized carbons (Fsp3) is 0.429. The van der Waals surface area contributed by atoms with E-state index in [0.29, 0.717) is 17.0 Å². The zero-order valence-corrected chi connectivity index (χ0v) is 15.3. The van der Waals surface area contributed by atoms with Crippen molar-refractivity contribution in [1.29, 1.82) is 0 Å². The van der Waals surface area contributed by atoms with E-state index in [1.807, 2.05) is 11.0 Å². The number of hydrogen-bond donors (Lipinski definition) is 2. The van der Waals surface area contributed by atoms with Crippen LogP contribution in [0.4, 0.5) is 0 Å². The summed E-state index contributed by atoms with van der Waals surface area (Å²) in [5.41, 5.74) is 0.699. The van der Waals surface area contributed by atoms with Crippen molar-refractivity contribution in [1.82, 2.24) is 9.80 Å². The lowest BCUT2D eigenvalue weighted by Gasteiger charge is -2.18. The number of aliphatic carboxylic acids is 2. The number of allylic oxidation sites excluding steroid dienone is 2. The summed E-state index contributed by atoms with van der Waals surface area (Å²) < 4.78 is 0.233. The summed E-state index contributed by atoms with van der Waals surface area (Å²) in [6.45, 7) is 2.50. The number of carboxylic acids is 2. The number of rotatable bonds is 6. The highest BCUT2D eigenvalue weighted by Gasteiger charge is 2.34. The van der Waals surface area contributed by atoms with Crippen LogP contribution in [-0.2, 0) is 14.4 Å². The second-order valence-corrected chi connectivity index (χ2v) is 7.89. The molecular weight excluding hydrogens is 372 g/mol. The highest BCUT2D eigenvalue weighted by molar-refractivity contribution is 8.26. The molecule has 2 aliphatic heterocycles. The summed E-state index contributed by atoms with van der Waals surface area (Å²) in [5.74, 6) is -1.51. The molecule has 0 saturated carbocycles. The highest BCUT2D eigenvalue weighted by Crippen LogP contribution is 2.36. The Labute approximate surface area is 152 Å². The topological polar surface area (TPSA) is 98.2 Å². The molecule has 2 aliphatic rings. The van der Waals surface area contributed by atoms with Gasteiger partial charge >= 0.3 is 11.9 Å². The van der Waals surface area contributed by atoms with Crippen LogP contribution in [0.3, 0.4) is 0 Å². The van der Waals surface area contributed by atoms with Crippen LogP contribution < -0.4 is 0 Å². The van der Waals surface area contributed by atoms with Gasteiger partial charge in [0.15, 0.2) is 0 Å². The van der Waals surface area contributed by atoms with Crippen molar-refractivity contribution >= 4 is 57.9 Å². The normalized spacial score (nSPS) is 21.8. The van der Waals surface area contributed by atoms with Crippen LogP contribution in [0.5, 0.6) is 0 Å². The van der Waals surface area contributed by atoms with Gasteiger partial charge < -0.3 is 15.1 Å². The molecule has 24 heavy (non-hydrogen) atoms. The van der Waals surface area contributed by atoms with Gasteiger partial charge in [0.1, 0.15) is 10.9 Å². The minimum absolute atomic E-state index is 0.0532. The molecule has 2 heterocycles. The van der Waals surface area contributed by atoms with Crippen molar-refractivity contribution in [3.8, 4) is 0 Å². The standard InChI is InChI=1S/C14H16N2O5S3/c1-8(6-9-15(4-5-23-9)3-2-10(17)18)12-13(21)16(7-11(19)20)14(22)24-12/h6H,2-5,7H2,1H3,(H,17,18)(H,19,20)/b9-6+,12-8+. The third kappa shape index (κ3) is 4.52. The quantitative estimate of drug-likeness (QED) is 0.519. The Hall–Kier alpha value is -1.52. The molecule has 2 saturated heterocycles. The molecule has 10 heteroatoms. The van der Waals surface area contributed by atoms with Crippen molar-refractivity contribution in [3.05, 3.63) is 21.6 Å². The van der Waals surface area contributed by atoms with Crippen LogP contribution in [0.2, 0.25) is 0 Å². The first-order valence-corrected chi connectivity index (χ1v) is 9.28. The number of carboxylic acid groups (broad SMARTS) is 2. The maximum Gasteiger partial charge on any atom is 0.323 e. The second-order valence-electron chi connectivity index (χ2n) is 5.13. The average Bonchev–Trinajstić information content (AvgIpc) is 3.04. The van der Waals surface area contributed by atoms with Crippen molar-refractivity contribution in [2.75, 3.05) is 25.4 Å². The molecule has 0 unspecified atom stereocenters. The smallest absolute Gasteiger partial charge is 0.323 e. The van der Waals surface area contributed by atoms with E-state index in [0.717, 1.165) is 34.0 Å². The molecule has 0 aromatic heterocycles. The predicted octanol–water partition coefficient (Wildman–Crippen LogP) is 1.57. The minimum atomic E-state index is -1.12. The van der Waals surface area contributed by atoms with E-state index in [1.165, 1.54) is 0 Å². The Morgan fingerprint density at radius 1 is 1.33 bits per heavy atom. The van der Waals surface area contributed by atoms with E-state index >= 15 is 0 Å². The first kappa shape index (κ1) is 18.8. The molecule has 2 fully saturated rings. The van der Waals surface area contributed by atoms with Gasteiger partial charge in [-0.2, -0.15) is 0 Å². The highest BCUT2D eigenvalue weighted by atomic mass is 32.2. The monoisotopic (exact) mass is 388 g/mol. The van der Waals surface area contributed by atoms with Gasteiger partial charge in [0.2, 0.25) is 0 Å². The lowest BCUT2D eigenvalue weighted by Crippen LogP contribution is -2.33. The van der Waals surface area contributed by atoms with E-state index in [4.69, 9.17) is 22.4 Å². The van der Waals surface area contributed by atoms with Crippen molar-refractivity contribution in [2.45, 2.75) is 13.3 Å². The Morgan fingerprint density at radius 2 is 2.04 bits per heavy atom. The first-order valence-electron chi connectivity index (χ1n) is 7.07. The van der Waals surface area contributed by atoms with Gasteiger partial charge in [-0.3, -0.25) is 19.3 Å². The maximum atomic E-state index is 12.3. The summed E-state index contributed by atoms with van der Waals surface area (Å²) in [5, 5.41) is 18.6. The van der Waals surface area contributed by atoms with E-state index in [-0.39, 0.29) is 10.7 Å². The second kappa shape index (κ2) is 8.04. The van der Waals surface area contributed by atoms with Gasteiger partial charge in [-0.05, 0) is 18.6 Å². The first-order chi connectivity index (χ1) is 11.3. The molecule has 0 radical (unpaired) electrons. The van der Waals surface area contributed by atoms with Crippen LogP contribution in [0.25, 0.3) is 0 Å². The van der Waals surface area contributed by atoms with E-state index in [2.05, 4.69) is 0 Å². The minimum Gasteiger partial charge on any atom is -0.481 e. The third-order valence-electron chi connectivity index (χ3n) is 3.36. The molecule has 0 aromatic carbocycles. The molecule has 130 valence electrons. The maximum absolute atomic E-state index is 12.3. The summed E-state index contributed by atoms with van der Waals surface area (Å²) in [7, 11) is 0. The fourth-order valence-electron chi connectivity index (χ4n) is 2.21. The summed E-state index contributed by atoms with van der Waals surface area (Å²) >= 11 is 7.77. The molecule has 1 amide bonds. The molecule has 2 rings (SSSR count). The molecule has 0 spiro atoms. The lowest BCUT2D eigenvalue weighted by molar-refractivity contribution is -0.140. The van der Waals surface area contributed by atoms with Crippen LogP contribution in [0.1, 0.15) is 13.3 Å². The van der Waals surface area contributed by atoms with E-state index in [1.54, 1.807) is 18.7 Å². The summed E-state index contributed by atoms with van der Waals surface area (Å²) in [4.78, 5) is 37.3. The molecule has 2 N–H and O–H groups in total. The zero-order valence-electron chi connectivity index (χ0n) is 12.9. The molecule has 0 aromatic rings. The Kier molecular flexibility index (Phi) is 6.30. The van der Waals surface area contributed by atoms with Crippen LogP contribution in [-0.4, -0.2) is 67.6 Å².